The number of guanidine groups is 1. The number of para-hydroxylation sites is 1. The Morgan fingerprint density at radius 1 is 1.29 bits per heavy atom. The van der Waals surface area contributed by atoms with Crippen LogP contribution in [0.25, 0.3) is 0 Å². The van der Waals surface area contributed by atoms with Crippen LogP contribution in [0.3, 0.4) is 0 Å². The summed E-state index contributed by atoms with van der Waals surface area (Å²) in [5.41, 5.74) is 1.30. The van der Waals surface area contributed by atoms with Gasteiger partial charge in [0.05, 0.1) is 6.54 Å². The van der Waals surface area contributed by atoms with Crippen molar-refractivity contribution in [2.75, 3.05) is 13.6 Å². The van der Waals surface area contributed by atoms with Gasteiger partial charge in [0.1, 0.15) is 11.9 Å². The van der Waals surface area contributed by atoms with Crippen molar-refractivity contribution in [3.05, 3.63) is 29.8 Å². The average molecular weight is 401 g/mol. The van der Waals surface area contributed by atoms with Crippen molar-refractivity contribution in [3.8, 4) is 5.75 Å². The molecule has 1 aromatic carbocycles. The molecule has 116 valence electrons. The maximum atomic E-state index is 5.93. The van der Waals surface area contributed by atoms with Gasteiger partial charge < -0.3 is 15.4 Å². The summed E-state index contributed by atoms with van der Waals surface area (Å²) in [5.74, 6) is 1.93. The summed E-state index contributed by atoms with van der Waals surface area (Å²) < 4.78 is 5.93. The van der Waals surface area contributed by atoms with Gasteiger partial charge in [-0.05, 0) is 24.5 Å². The molecule has 2 aliphatic rings. The number of nitrogens with one attached hydrogen (secondary N) is 2. The van der Waals surface area contributed by atoms with Crippen LogP contribution >= 0.6 is 24.0 Å². The number of aliphatic imine (C=N–C) groups is 1. The molecule has 1 aromatic rings. The van der Waals surface area contributed by atoms with Crippen LogP contribution in [0.2, 0.25) is 0 Å². The first-order chi connectivity index (χ1) is 9.85. The third-order valence-corrected chi connectivity index (χ3v) is 4.13. The lowest BCUT2D eigenvalue weighted by molar-refractivity contribution is 0.234. The highest BCUT2D eigenvalue weighted by molar-refractivity contribution is 14.0. The van der Waals surface area contributed by atoms with E-state index in [-0.39, 0.29) is 30.1 Å². The number of fused-ring (bicyclic) bond motifs is 1. The first-order valence-corrected chi connectivity index (χ1v) is 7.57. The summed E-state index contributed by atoms with van der Waals surface area (Å²) in [6.07, 6.45) is 6.35. The van der Waals surface area contributed by atoms with E-state index in [9.17, 15) is 0 Å². The Labute approximate surface area is 143 Å². The van der Waals surface area contributed by atoms with Crippen LogP contribution in [-0.4, -0.2) is 31.7 Å². The first kappa shape index (κ1) is 16.4. The van der Waals surface area contributed by atoms with E-state index in [1.54, 1.807) is 0 Å². The zero-order valence-electron chi connectivity index (χ0n) is 12.5. The fourth-order valence-corrected chi connectivity index (χ4v) is 3.04. The Morgan fingerprint density at radius 3 is 2.76 bits per heavy atom. The van der Waals surface area contributed by atoms with E-state index in [0.717, 1.165) is 24.7 Å². The van der Waals surface area contributed by atoms with Gasteiger partial charge in [0.2, 0.25) is 0 Å². The van der Waals surface area contributed by atoms with Gasteiger partial charge >= 0.3 is 0 Å². The van der Waals surface area contributed by atoms with Crippen molar-refractivity contribution < 1.29 is 4.74 Å². The Bertz CT molecular complexity index is 461. The monoisotopic (exact) mass is 401 g/mol. The van der Waals surface area contributed by atoms with Gasteiger partial charge in [-0.3, -0.25) is 4.99 Å². The van der Waals surface area contributed by atoms with Crippen molar-refractivity contribution in [3.63, 3.8) is 0 Å². The fourth-order valence-electron chi connectivity index (χ4n) is 3.04. The van der Waals surface area contributed by atoms with Crippen LogP contribution < -0.4 is 15.4 Å². The van der Waals surface area contributed by atoms with Crippen molar-refractivity contribution in [1.29, 1.82) is 0 Å². The lowest BCUT2D eigenvalue weighted by Gasteiger charge is -2.18. The van der Waals surface area contributed by atoms with Crippen molar-refractivity contribution in [1.82, 2.24) is 10.6 Å². The Morgan fingerprint density at radius 2 is 2.05 bits per heavy atom. The van der Waals surface area contributed by atoms with Crippen LogP contribution in [0.5, 0.6) is 5.75 Å². The van der Waals surface area contributed by atoms with Crippen LogP contribution in [0, 0.1) is 0 Å². The molecular formula is C16H24IN3O. The van der Waals surface area contributed by atoms with Crippen molar-refractivity contribution >= 4 is 29.9 Å². The normalized spacial score (nSPS) is 21.4. The zero-order valence-corrected chi connectivity index (χ0v) is 14.8. The van der Waals surface area contributed by atoms with Gasteiger partial charge in [-0.1, -0.05) is 31.0 Å². The second kappa shape index (κ2) is 7.87. The number of hydrogen-bond acceptors (Lipinski definition) is 2. The predicted octanol–water partition coefficient (Wildman–Crippen LogP) is 2.72. The first-order valence-electron chi connectivity index (χ1n) is 7.57. The predicted molar refractivity (Wildman–Crippen MR) is 96.7 cm³/mol. The van der Waals surface area contributed by atoms with E-state index in [0.29, 0.717) is 6.04 Å². The molecule has 1 atom stereocenters. The number of ether oxygens (including phenoxy) is 1. The molecule has 1 heterocycles. The molecule has 2 N–H and O–H groups in total. The molecule has 5 heteroatoms. The van der Waals surface area contributed by atoms with E-state index >= 15 is 0 Å². The summed E-state index contributed by atoms with van der Waals surface area (Å²) in [7, 11) is 1.83. The van der Waals surface area contributed by atoms with E-state index < -0.39 is 0 Å². The fraction of sp³-hybridized carbons (Fsp3) is 0.562. The molecular weight excluding hydrogens is 377 g/mol. The number of benzene rings is 1. The minimum atomic E-state index is 0. The maximum absolute atomic E-state index is 5.93. The van der Waals surface area contributed by atoms with Crippen LogP contribution in [-0.2, 0) is 6.42 Å². The molecule has 0 spiro atoms. The average Bonchev–Trinajstić information content (AvgIpc) is 3.12. The molecule has 0 aromatic heterocycles. The topological polar surface area (TPSA) is 45.7 Å². The summed E-state index contributed by atoms with van der Waals surface area (Å²) in [6.45, 7) is 0.793. The lowest BCUT2D eigenvalue weighted by Crippen LogP contribution is -2.45. The van der Waals surface area contributed by atoms with Gasteiger partial charge in [-0.25, -0.2) is 0 Å². The molecule has 0 bridgehead atoms. The van der Waals surface area contributed by atoms with Gasteiger partial charge in [-0.15, -0.1) is 24.0 Å². The van der Waals surface area contributed by atoms with E-state index in [1.165, 1.54) is 31.2 Å². The Balaban J connectivity index is 0.00000161. The van der Waals surface area contributed by atoms with Crippen LogP contribution in [0.1, 0.15) is 31.2 Å². The summed E-state index contributed by atoms with van der Waals surface area (Å²) >= 11 is 0. The van der Waals surface area contributed by atoms with Gasteiger partial charge in [-0.2, -0.15) is 0 Å². The smallest absolute Gasteiger partial charge is 0.191 e. The summed E-state index contributed by atoms with van der Waals surface area (Å²) in [4.78, 5) is 4.30. The molecule has 0 amide bonds. The Hall–Kier alpha value is -0.980. The maximum Gasteiger partial charge on any atom is 0.191 e. The molecule has 1 aliphatic carbocycles. The number of halogens is 1. The third kappa shape index (κ3) is 4.25. The largest absolute Gasteiger partial charge is 0.488 e. The molecule has 1 unspecified atom stereocenters. The number of nitrogens with zero attached hydrogens (tertiary/aromatic N) is 1. The number of rotatable bonds is 3. The van der Waals surface area contributed by atoms with Gasteiger partial charge in [0.25, 0.3) is 0 Å². The molecule has 4 nitrogen and oxygen atoms in total. The lowest BCUT2D eigenvalue weighted by atomic mass is 10.1. The Kier molecular flexibility index (Phi) is 6.14. The molecule has 1 saturated carbocycles. The number of hydrogen-bond donors (Lipinski definition) is 2. The van der Waals surface area contributed by atoms with E-state index in [1.807, 2.05) is 19.2 Å². The van der Waals surface area contributed by atoms with E-state index in [4.69, 9.17) is 4.74 Å². The molecule has 0 radical (unpaired) electrons. The van der Waals surface area contributed by atoms with Crippen LogP contribution in [0.15, 0.2) is 29.3 Å². The van der Waals surface area contributed by atoms with Crippen molar-refractivity contribution in [2.24, 2.45) is 4.99 Å². The quantitative estimate of drug-likeness (QED) is 0.465. The highest BCUT2D eigenvalue weighted by Crippen LogP contribution is 2.27. The molecule has 3 rings (SSSR count). The summed E-state index contributed by atoms with van der Waals surface area (Å²) in [5, 5.41) is 6.88. The highest BCUT2D eigenvalue weighted by atomic mass is 127. The van der Waals surface area contributed by atoms with Gasteiger partial charge in [0.15, 0.2) is 5.96 Å². The molecule has 21 heavy (non-hydrogen) atoms. The van der Waals surface area contributed by atoms with E-state index in [2.05, 4.69) is 27.8 Å². The van der Waals surface area contributed by atoms with Gasteiger partial charge in [0, 0.05) is 19.5 Å². The molecule has 1 aliphatic heterocycles. The second-order valence-electron chi connectivity index (χ2n) is 5.63. The van der Waals surface area contributed by atoms with Crippen LogP contribution in [0.4, 0.5) is 0 Å². The summed E-state index contributed by atoms with van der Waals surface area (Å²) in [6, 6.07) is 8.86. The van der Waals surface area contributed by atoms with Crippen molar-refractivity contribution in [2.45, 2.75) is 44.2 Å². The minimum absolute atomic E-state index is 0. The third-order valence-electron chi connectivity index (χ3n) is 4.13. The molecule has 1 fully saturated rings. The second-order valence-corrected chi connectivity index (χ2v) is 5.63. The zero-order chi connectivity index (χ0) is 13.8. The minimum Gasteiger partial charge on any atom is -0.488 e. The highest BCUT2D eigenvalue weighted by Gasteiger charge is 2.23. The standard InChI is InChI=1S/C16H23N3O.HI/c1-17-16(19-13-7-3-4-8-13)18-11-14-10-12-6-2-5-9-15(12)20-14;/h2,5-6,9,13-14H,3-4,7-8,10-11H2,1H3,(H2,17,18,19);1H. The molecule has 0 saturated heterocycles. The SMILES string of the molecule is CN=C(NCC1Cc2ccccc2O1)NC1CCCC1.I.